The second-order valence-corrected chi connectivity index (χ2v) is 3.03. The highest BCUT2D eigenvalue weighted by Crippen LogP contribution is 2.12. The highest BCUT2D eigenvalue weighted by atomic mass is 35.5. The van der Waals surface area contributed by atoms with E-state index in [-0.39, 0.29) is 0 Å². The van der Waals surface area contributed by atoms with E-state index in [1.54, 1.807) is 0 Å². The van der Waals surface area contributed by atoms with Crippen LogP contribution in [0.1, 0.15) is 46.0 Å². The summed E-state index contributed by atoms with van der Waals surface area (Å²) in [5, 5.41) is 1.05. The second-order valence-electron chi connectivity index (χ2n) is 2.54. The molecule has 10 heavy (non-hydrogen) atoms. The number of halogens is 1. The van der Waals surface area contributed by atoms with Crippen molar-refractivity contribution in [2.45, 2.75) is 46.0 Å². The minimum Gasteiger partial charge on any atom is -0.0895 e. The van der Waals surface area contributed by atoms with Gasteiger partial charge >= 0.3 is 0 Å². The van der Waals surface area contributed by atoms with E-state index in [0.29, 0.717) is 0 Å². The topological polar surface area (TPSA) is 0 Å². The Kier molecular flexibility index (Phi) is 7.16. The third-order valence-electron chi connectivity index (χ3n) is 1.42. The molecule has 0 aromatic heterocycles. The zero-order chi connectivity index (χ0) is 7.82. The lowest BCUT2D eigenvalue weighted by atomic mass is 10.2. The first-order chi connectivity index (χ1) is 4.81. The second kappa shape index (κ2) is 7.14. The van der Waals surface area contributed by atoms with Gasteiger partial charge in [-0.05, 0) is 19.3 Å². The predicted molar refractivity (Wildman–Crippen MR) is 48.4 cm³/mol. The molecule has 0 aliphatic carbocycles. The van der Waals surface area contributed by atoms with Gasteiger partial charge in [0.15, 0.2) is 0 Å². The van der Waals surface area contributed by atoms with Crippen LogP contribution in [0.2, 0.25) is 0 Å². The Hall–Kier alpha value is 0.0300. The molecular formula is C9H17Cl. The van der Waals surface area contributed by atoms with Gasteiger partial charge in [-0.2, -0.15) is 0 Å². The Morgan fingerprint density at radius 3 is 2.50 bits per heavy atom. The Bertz CT molecular complexity index is 94.9. The first-order valence-corrected chi connectivity index (χ1v) is 4.53. The van der Waals surface area contributed by atoms with Gasteiger partial charge in [0, 0.05) is 5.03 Å². The maximum atomic E-state index is 5.90. The van der Waals surface area contributed by atoms with Gasteiger partial charge < -0.3 is 0 Å². The van der Waals surface area contributed by atoms with Gasteiger partial charge in [-0.15, -0.1) is 0 Å². The summed E-state index contributed by atoms with van der Waals surface area (Å²) < 4.78 is 0. The van der Waals surface area contributed by atoms with Crippen molar-refractivity contribution in [2.24, 2.45) is 0 Å². The third kappa shape index (κ3) is 6.15. The highest BCUT2D eigenvalue weighted by molar-refractivity contribution is 6.29. The lowest BCUT2D eigenvalue weighted by Crippen LogP contribution is -1.74. The number of unbranched alkanes of at least 4 members (excludes halogenated alkanes) is 2. The van der Waals surface area contributed by atoms with E-state index in [9.17, 15) is 0 Å². The Morgan fingerprint density at radius 1 is 1.30 bits per heavy atom. The van der Waals surface area contributed by atoms with Crippen LogP contribution in [0.5, 0.6) is 0 Å². The van der Waals surface area contributed by atoms with Crippen LogP contribution >= 0.6 is 11.6 Å². The molecule has 0 spiro atoms. The molecule has 0 aliphatic heterocycles. The molecule has 0 fully saturated rings. The summed E-state index contributed by atoms with van der Waals surface area (Å²) in [5.74, 6) is 0. The maximum Gasteiger partial charge on any atom is 0.0141 e. The Labute approximate surface area is 69.3 Å². The van der Waals surface area contributed by atoms with Gasteiger partial charge in [-0.25, -0.2) is 0 Å². The quantitative estimate of drug-likeness (QED) is 0.568. The van der Waals surface area contributed by atoms with Crippen LogP contribution in [0.4, 0.5) is 0 Å². The van der Waals surface area contributed by atoms with Crippen LogP contribution in [-0.2, 0) is 0 Å². The number of allylic oxidation sites excluding steroid dienone is 2. The van der Waals surface area contributed by atoms with Crippen LogP contribution < -0.4 is 0 Å². The largest absolute Gasteiger partial charge is 0.0895 e. The molecule has 0 bridgehead atoms. The minimum absolute atomic E-state index is 1.05. The van der Waals surface area contributed by atoms with Crippen molar-refractivity contribution in [3.05, 3.63) is 11.1 Å². The molecule has 0 aromatic rings. The van der Waals surface area contributed by atoms with Gasteiger partial charge in [0.25, 0.3) is 0 Å². The van der Waals surface area contributed by atoms with Crippen molar-refractivity contribution in [3.63, 3.8) is 0 Å². The molecule has 0 aliphatic rings. The average molecular weight is 161 g/mol. The van der Waals surface area contributed by atoms with Crippen molar-refractivity contribution in [3.8, 4) is 0 Å². The summed E-state index contributed by atoms with van der Waals surface area (Å²) in [7, 11) is 0. The zero-order valence-electron chi connectivity index (χ0n) is 6.99. The number of hydrogen-bond acceptors (Lipinski definition) is 0. The Balaban J connectivity index is 3.30. The van der Waals surface area contributed by atoms with Crippen molar-refractivity contribution in [1.29, 1.82) is 0 Å². The standard InChI is InChI=1S/C9H17Cl/c1-3-5-7-9(10)8-6-4-2/h7H,3-6,8H2,1-2H3/b9-7-. The van der Waals surface area contributed by atoms with Gasteiger partial charge in [-0.1, -0.05) is 44.4 Å². The summed E-state index contributed by atoms with van der Waals surface area (Å²) in [6.07, 6.45) is 7.98. The van der Waals surface area contributed by atoms with E-state index in [1.807, 2.05) is 0 Å². The van der Waals surface area contributed by atoms with Crippen molar-refractivity contribution in [2.75, 3.05) is 0 Å². The molecular weight excluding hydrogens is 144 g/mol. The van der Waals surface area contributed by atoms with Crippen molar-refractivity contribution in [1.82, 2.24) is 0 Å². The summed E-state index contributed by atoms with van der Waals surface area (Å²) in [4.78, 5) is 0. The molecule has 0 saturated carbocycles. The average Bonchev–Trinajstić information content (AvgIpc) is 1.97. The Morgan fingerprint density at radius 2 is 2.00 bits per heavy atom. The molecule has 0 atom stereocenters. The zero-order valence-corrected chi connectivity index (χ0v) is 7.75. The summed E-state index contributed by atoms with van der Waals surface area (Å²) in [5.41, 5.74) is 0. The van der Waals surface area contributed by atoms with Crippen LogP contribution in [0.15, 0.2) is 11.1 Å². The normalized spacial score (nSPS) is 12.1. The molecule has 0 aromatic carbocycles. The molecule has 60 valence electrons. The number of rotatable bonds is 5. The van der Waals surface area contributed by atoms with Crippen molar-refractivity contribution < 1.29 is 0 Å². The van der Waals surface area contributed by atoms with E-state index in [0.717, 1.165) is 17.9 Å². The lowest BCUT2D eigenvalue weighted by molar-refractivity contribution is 0.802. The molecule has 1 heteroatoms. The molecule has 0 saturated heterocycles. The van der Waals surface area contributed by atoms with Crippen molar-refractivity contribution >= 4 is 11.6 Å². The SMILES string of the molecule is CCC/C=C(\Cl)CCCC. The summed E-state index contributed by atoms with van der Waals surface area (Å²) in [6.45, 7) is 4.35. The fourth-order valence-corrected chi connectivity index (χ4v) is 0.991. The molecule has 0 unspecified atom stereocenters. The highest BCUT2D eigenvalue weighted by Gasteiger charge is 1.89. The maximum absolute atomic E-state index is 5.90. The predicted octanol–water partition coefficient (Wildman–Crippen LogP) is 4.10. The molecule has 0 radical (unpaired) electrons. The fraction of sp³-hybridized carbons (Fsp3) is 0.778. The van der Waals surface area contributed by atoms with Gasteiger partial charge in [-0.3, -0.25) is 0 Å². The summed E-state index contributed by atoms with van der Waals surface area (Å²) >= 11 is 5.90. The van der Waals surface area contributed by atoms with E-state index in [4.69, 9.17) is 11.6 Å². The lowest BCUT2D eigenvalue weighted by Gasteiger charge is -1.95. The van der Waals surface area contributed by atoms with Crippen LogP contribution in [0.3, 0.4) is 0 Å². The minimum atomic E-state index is 1.05. The first-order valence-electron chi connectivity index (χ1n) is 4.15. The van der Waals surface area contributed by atoms with E-state index >= 15 is 0 Å². The van der Waals surface area contributed by atoms with E-state index < -0.39 is 0 Å². The van der Waals surface area contributed by atoms with Crippen LogP contribution in [0, 0.1) is 0 Å². The monoisotopic (exact) mass is 160 g/mol. The molecule has 0 rings (SSSR count). The molecule has 0 N–H and O–H groups in total. The van der Waals surface area contributed by atoms with E-state index in [1.165, 1.54) is 19.3 Å². The molecule has 0 amide bonds. The summed E-state index contributed by atoms with van der Waals surface area (Å²) in [6, 6.07) is 0. The van der Waals surface area contributed by atoms with Gasteiger partial charge in [0.05, 0.1) is 0 Å². The van der Waals surface area contributed by atoms with Crippen LogP contribution in [0.25, 0.3) is 0 Å². The van der Waals surface area contributed by atoms with Gasteiger partial charge in [0.1, 0.15) is 0 Å². The third-order valence-corrected chi connectivity index (χ3v) is 1.77. The molecule has 0 heterocycles. The fourth-order valence-electron chi connectivity index (χ4n) is 0.749. The number of hydrogen-bond donors (Lipinski definition) is 0. The van der Waals surface area contributed by atoms with E-state index in [2.05, 4.69) is 19.9 Å². The van der Waals surface area contributed by atoms with Gasteiger partial charge in [0.2, 0.25) is 0 Å². The first kappa shape index (κ1) is 10.0. The van der Waals surface area contributed by atoms with Crippen LogP contribution in [-0.4, -0.2) is 0 Å². The molecule has 0 nitrogen and oxygen atoms in total. The smallest absolute Gasteiger partial charge is 0.0141 e.